The smallest absolute Gasteiger partial charge is 0.423 e. The van der Waals surface area contributed by atoms with Crippen LogP contribution in [0.5, 0.6) is 0 Å². The molecule has 0 spiro atoms. The Kier molecular flexibility index (Phi) is 6.90. The monoisotopic (exact) mass is 526 g/mol. The van der Waals surface area contributed by atoms with Gasteiger partial charge in [-0.2, -0.15) is 10.2 Å². The van der Waals surface area contributed by atoms with E-state index in [1.165, 1.54) is 6.20 Å². The molecule has 6 rings (SSSR count). The van der Waals surface area contributed by atoms with Crippen molar-refractivity contribution < 1.29 is 10.0 Å². The van der Waals surface area contributed by atoms with Crippen molar-refractivity contribution in [3.05, 3.63) is 77.6 Å². The van der Waals surface area contributed by atoms with Crippen molar-refractivity contribution >= 4 is 46.2 Å². The van der Waals surface area contributed by atoms with Gasteiger partial charge >= 0.3 is 7.12 Å². The van der Waals surface area contributed by atoms with E-state index in [0.717, 1.165) is 39.0 Å². The molecule has 0 fully saturated rings. The van der Waals surface area contributed by atoms with Crippen LogP contribution in [0.25, 0.3) is 44.6 Å². The molecule has 0 aliphatic carbocycles. The van der Waals surface area contributed by atoms with Crippen LogP contribution in [0, 0.1) is 13.8 Å². The number of rotatable bonds is 3. The van der Waals surface area contributed by atoms with Crippen LogP contribution >= 0.6 is 11.6 Å². The first-order chi connectivity index (χ1) is 18.2. The lowest BCUT2D eigenvalue weighted by Gasteiger charge is -2.08. The maximum atomic E-state index is 9.39. The zero-order chi connectivity index (χ0) is 27.0. The molecule has 0 bridgehead atoms. The predicted octanol–water partition coefficient (Wildman–Crippen LogP) is 3.01. The van der Waals surface area contributed by atoms with Crippen LogP contribution in [0.4, 0.5) is 0 Å². The van der Waals surface area contributed by atoms with Crippen molar-refractivity contribution in [1.29, 1.82) is 0 Å². The minimum absolute atomic E-state index is 0.406. The van der Waals surface area contributed by atoms with Gasteiger partial charge in [0.2, 0.25) is 0 Å². The van der Waals surface area contributed by atoms with E-state index in [0.29, 0.717) is 27.2 Å². The molecule has 190 valence electrons. The van der Waals surface area contributed by atoms with Crippen molar-refractivity contribution in [2.45, 2.75) is 13.8 Å². The van der Waals surface area contributed by atoms with Gasteiger partial charge in [-0.25, -0.2) is 19.9 Å². The third-order valence-electron chi connectivity index (χ3n) is 6.06. The Hall–Kier alpha value is -4.19. The summed E-state index contributed by atoms with van der Waals surface area (Å²) in [5.41, 5.74) is 7.12. The van der Waals surface area contributed by atoms with Crippen LogP contribution < -0.4 is 5.46 Å². The minimum atomic E-state index is -1.54. The summed E-state index contributed by atoms with van der Waals surface area (Å²) in [6.07, 6.45) is 10.5. The number of halogens is 1. The van der Waals surface area contributed by atoms with Crippen LogP contribution in [-0.2, 0) is 14.1 Å². The number of aromatic nitrogens is 8. The minimum Gasteiger partial charge on any atom is -0.423 e. The number of nitrogens with zero attached hydrogens (tertiary/aromatic N) is 8. The molecule has 12 heteroatoms. The van der Waals surface area contributed by atoms with Gasteiger partial charge < -0.3 is 10.0 Å². The van der Waals surface area contributed by atoms with E-state index < -0.39 is 7.12 Å². The normalized spacial score (nSPS) is 11.0. The van der Waals surface area contributed by atoms with E-state index in [-0.39, 0.29) is 0 Å². The average molecular weight is 527 g/mol. The van der Waals surface area contributed by atoms with Gasteiger partial charge in [0.15, 0.2) is 11.3 Å². The van der Waals surface area contributed by atoms with Crippen LogP contribution in [0.3, 0.4) is 0 Å². The molecule has 6 heterocycles. The maximum absolute atomic E-state index is 9.39. The van der Waals surface area contributed by atoms with Gasteiger partial charge in [0.05, 0.1) is 28.8 Å². The van der Waals surface area contributed by atoms with Gasteiger partial charge in [0.1, 0.15) is 0 Å². The zero-order valence-corrected chi connectivity index (χ0v) is 22.0. The topological polar surface area (TPSA) is 128 Å². The van der Waals surface area contributed by atoms with E-state index >= 15 is 0 Å². The molecular weight excluding hydrogens is 503 g/mol. The van der Waals surface area contributed by atoms with Gasteiger partial charge in [-0.05, 0) is 54.7 Å². The summed E-state index contributed by atoms with van der Waals surface area (Å²) in [5.74, 6) is 0. The number of hydrogen-bond acceptors (Lipinski definition) is 8. The molecule has 0 radical (unpaired) electrons. The van der Waals surface area contributed by atoms with Crippen molar-refractivity contribution in [2.75, 3.05) is 0 Å². The van der Waals surface area contributed by atoms with E-state index in [1.807, 2.05) is 52.5 Å². The second-order valence-electron chi connectivity index (χ2n) is 8.92. The van der Waals surface area contributed by atoms with E-state index in [1.54, 1.807) is 40.1 Å². The molecule has 6 aromatic heterocycles. The Labute approximate surface area is 223 Å². The molecular formula is C26H24BClN8O2. The lowest BCUT2D eigenvalue weighted by molar-refractivity contribution is 0.426. The molecule has 0 aromatic carbocycles. The predicted molar refractivity (Wildman–Crippen MR) is 148 cm³/mol. The van der Waals surface area contributed by atoms with Crippen LogP contribution in [-0.4, -0.2) is 56.7 Å². The largest absolute Gasteiger partial charge is 0.489 e. The summed E-state index contributed by atoms with van der Waals surface area (Å²) < 4.78 is 3.47. The highest BCUT2D eigenvalue weighted by Gasteiger charge is 2.17. The number of fused-ring (bicyclic) bond motifs is 2. The summed E-state index contributed by atoms with van der Waals surface area (Å²) in [4.78, 5) is 17.5. The van der Waals surface area contributed by atoms with Crippen LogP contribution in [0.2, 0.25) is 5.02 Å². The van der Waals surface area contributed by atoms with Crippen molar-refractivity contribution in [3.63, 3.8) is 0 Å². The van der Waals surface area contributed by atoms with Gasteiger partial charge in [-0.15, -0.1) is 0 Å². The lowest BCUT2D eigenvalue weighted by Crippen LogP contribution is -2.30. The Morgan fingerprint density at radius 2 is 1.26 bits per heavy atom. The van der Waals surface area contributed by atoms with Crippen LogP contribution in [0.15, 0.2) is 61.4 Å². The van der Waals surface area contributed by atoms with Crippen LogP contribution in [0.1, 0.15) is 11.1 Å². The Morgan fingerprint density at radius 3 is 1.76 bits per heavy atom. The Bertz CT molecular complexity index is 1780. The second kappa shape index (κ2) is 10.3. The summed E-state index contributed by atoms with van der Waals surface area (Å²) in [5, 5.41) is 29.3. The molecule has 0 saturated carbocycles. The third kappa shape index (κ3) is 4.99. The highest BCUT2D eigenvalue weighted by Crippen LogP contribution is 2.27. The fourth-order valence-electron chi connectivity index (χ4n) is 4.23. The standard InChI is InChI=1S/C13H13BN4O2.C13H11ClN4/c1-8-5-10-11(14(19)20)3-4-15-13(10)17-12(8)9-6-16-18(2)7-9;1-8-5-10-11(14)3-4-15-13(10)17-12(8)9-6-16-18(2)7-9/h3-7,19-20H,1-2H3;3-7H,1-2H3. The number of hydrogen-bond donors (Lipinski definition) is 2. The molecule has 0 saturated heterocycles. The van der Waals surface area contributed by atoms with E-state index in [2.05, 4.69) is 30.1 Å². The first kappa shape index (κ1) is 25.5. The quantitative estimate of drug-likeness (QED) is 0.337. The number of aryl methyl sites for hydroxylation is 4. The molecule has 6 aromatic rings. The molecule has 0 aliphatic rings. The fraction of sp³-hybridized carbons (Fsp3) is 0.154. The molecule has 2 N–H and O–H groups in total. The van der Waals surface area contributed by atoms with Gasteiger partial charge in [-0.1, -0.05) is 11.6 Å². The molecule has 0 amide bonds. The van der Waals surface area contributed by atoms with Gasteiger partial charge in [0.25, 0.3) is 0 Å². The summed E-state index contributed by atoms with van der Waals surface area (Å²) in [6, 6.07) is 7.24. The highest BCUT2D eigenvalue weighted by atomic mass is 35.5. The molecule has 0 unspecified atom stereocenters. The SMILES string of the molecule is Cc1cc2c(B(O)O)ccnc2nc1-c1cnn(C)c1.Cc1cc2c(Cl)ccnc2nc1-c1cnn(C)c1. The lowest BCUT2D eigenvalue weighted by atomic mass is 9.78. The summed E-state index contributed by atoms with van der Waals surface area (Å²) in [6.45, 7) is 3.94. The summed E-state index contributed by atoms with van der Waals surface area (Å²) in [7, 11) is 2.19. The fourth-order valence-corrected chi connectivity index (χ4v) is 4.43. The van der Waals surface area contributed by atoms with Crippen molar-refractivity contribution in [3.8, 4) is 22.5 Å². The van der Waals surface area contributed by atoms with Gasteiger partial charge in [0, 0.05) is 60.8 Å². The molecule has 0 aliphatic heterocycles. The second-order valence-corrected chi connectivity index (χ2v) is 9.33. The van der Waals surface area contributed by atoms with Gasteiger partial charge in [-0.3, -0.25) is 9.36 Å². The molecule has 0 atom stereocenters. The molecule has 38 heavy (non-hydrogen) atoms. The number of pyridine rings is 4. The maximum Gasteiger partial charge on any atom is 0.489 e. The third-order valence-corrected chi connectivity index (χ3v) is 6.39. The molecule has 10 nitrogen and oxygen atoms in total. The Morgan fingerprint density at radius 1 is 0.763 bits per heavy atom. The zero-order valence-electron chi connectivity index (χ0n) is 21.2. The first-order valence-electron chi connectivity index (χ1n) is 11.7. The Balaban J connectivity index is 0.000000156. The highest BCUT2D eigenvalue weighted by molar-refractivity contribution is 6.61. The first-order valence-corrected chi connectivity index (χ1v) is 12.1. The average Bonchev–Trinajstić information content (AvgIpc) is 3.52. The van der Waals surface area contributed by atoms with E-state index in [9.17, 15) is 10.0 Å². The van der Waals surface area contributed by atoms with Crippen molar-refractivity contribution in [2.24, 2.45) is 14.1 Å². The van der Waals surface area contributed by atoms with E-state index in [4.69, 9.17) is 11.6 Å². The van der Waals surface area contributed by atoms with Crippen molar-refractivity contribution in [1.82, 2.24) is 39.5 Å². The summed E-state index contributed by atoms with van der Waals surface area (Å²) >= 11 is 6.14.